The maximum atomic E-state index is 11.7. The summed E-state index contributed by atoms with van der Waals surface area (Å²) >= 11 is 0. The van der Waals surface area contributed by atoms with Crippen molar-refractivity contribution in [3.05, 3.63) is 48.5 Å². The van der Waals surface area contributed by atoms with Gasteiger partial charge in [-0.25, -0.2) is 0 Å². The summed E-state index contributed by atoms with van der Waals surface area (Å²) in [6, 6.07) is 14.7. The van der Waals surface area contributed by atoms with E-state index in [1.807, 2.05) is 44.2 Å². The van der Waals surface area contributed by atoms with Crippen molar-refractivity contribution in [2.45, 2.75) is 13.8 Å². The molecule has 1 amide bonds. The molecule has 5 heteroatoms. The van der Waals surface area contributed by atoms with Gasteiger partial charge in [0.1, 0.15) is 11.4 Å². The summed E-state index contributed by atoms with van der Waals surface area (Å²) in [5.74, 6) is 0.436. The van der Waals surface area contributed by atoms with Gasteiger partial charge in [-0.2, -0.15) is 5.11 Å². The maximum absolute atomic E-state index is 11.7. The topological polar surface area (TPSA) is 63.0 Å². The fourth-order valence-electron chi connectivity index (χ4n) is 1.73. The fourth-order valence-corrected chi connectivity index (χ4v) is 1.73. The zero-order chi connectivity index (χ0) is 15.9. The normalized spacial score (nSPS) is 10.9. The van der Waals surface area contributed by atoms with Crippen LogP contribution < -0.4 is 10.1 Å². The molecule has 0 unspecified atom stereocenters. The van der Waals surface area contributed by atoms with E-state index in [1.54, 1.807) is 25.3 Å². The second kappa shape index (κ2) is 7.36. The first-order valence-corrected chi connectivity index (χ1v) is 7.06. The molecule has 0 radical (unpaired) electrons. The second-order valence-electron chi connectivity index (χ2n) is 5.07. The molecule has 2 aromatic rings. The summed E-state index contributed by atoms with van der Waals surface area (Å²) in [5, 5.41) is 11.2. The molecule has 2 rings (SSSR count). The van der Waals surface area contributed by atoms with Gasteiger partial charge in [0.25, 0.3) is 0 Å². The summed E-state index contributed by atoms with van der Waals surface area (Å²) in [7, 11) is 1.56. The van der Waals surface area contributed by atoms with E-state index in [9.17, 15) is 4.79 Å². The van der Waals surface area contributed by atoms with E-state index in [0.29, 0.717) is 17.1 Å². The minimum atomic E-state index is -0.0801. The molecular weight excluding hydrogens is 278 g/mol. The van der Waals surface area contributed by atoms with Crippen molar-refractivity contribution in [2.75, 3.05) is 12.4 Å². The number of hydrogen-bond donors (Lipinski definition) is 1. The van der Waals surface area contributed by atoms with Gasteiger partial charge in [-0.3, -0.25) is 4.79 Å². The minimum absolute atomic E-state index is 0.0410. The summed E-state index contributed by atoms with van der Waals surface area (Å²) in [4.78, 5) is 11.7. The third-order valence-electron chi connectivity index (χ3n) is 3.00. The third kappa shape index (κ3) is 4.15. The average molecular weight is 297 g/mol. The highest BCUT2D eigenvalue weighted by atomic mass is 16.5. The maximum Gasteiger partial charge on any atom is 0.226 e. The lowest BCUT2D eigenvalue weighted by Gasteiger charge is -2.10. The van der Waals surface area contributed by atoms with Crippen molar-refractivity contribution in [3.8, 4) is 5.75 Å². The summed E-state index contributed by atoms with van der Waals surface area (Å²) in [6.07, 6.45) is 0. The van der Waals surface area contributed by atoms with Gasteiger partial charge in [-0.15, -0.1) is 5.11 Å². The molecule has 22 heavy (non-hydrogen) atoms. The Labute approximate surface area is 130 Å². The van der Waals surface area contributed by atoms with Crippen LogP contribution in [0, 0.1) is 5.92 Å². The van der Waals surface area contributed by atoms with Crippen LogP contribution in [0.3, 0.4) is 0 Å². The van der Waals surface area contributed by atoms with Crippen LogP contribution in [0.5, 0.6) is 5.75 Å². The zero-order valence-corrected chi connectivity index (χ0v) is 12.9. The lowest BCUT2D eigenvalue weighted by atomic mass is 10.2. The van der Waals surface area contributed by atoms with Crippen LogP contribution in [0.4, 0.5) is 17.1 Å². The Kier molecular flexibility index (Phi) is 5.25. The number of amides is 1. The highest BCUT2D eigenvalue weighted by Gasteiger charge is 2.09. The molecule has 0 saturated heterocycles. The molecular formula is C17H19N3O2. The molecule has 114 valence electrons. The molecule has 2 aromatic carbocycles. The van der Waals surface area contributed by atoms with Crippen LogP contribution in [-0.2, 0) is 4.79 Å². The first kappa shape index (κ1) is 15.7. The minimum Gasteiger partial charge on any atom is -0.494 e. The molecule has 0 aliphatic rings. The van der Waals surface area contributed by atoms with Crippen molar-refractivity contribution in [2.24, 2.45) is 16.1 Å². The van der Waals surface area contributed by atoms with Gasteiger partial charge < -0.3 is 10.1 Å². The molecule has 0 spiro atoms. The largest absolute Gasteiger partial charge is 0.494 e. The van der Waals surface area contributed by atoms with E-state index in [0.717, 1.165) is 5.69 Å². The number of methoxy groups -OCH3 is 1. The number of carbonyl (C=O) groups excluding carboxylic acids is 1. The quantitative estimate of drug-likeness (QED) is 0.813. The number of hydrogen-bond acceptors (Lipinski definition) is 4. The van der Waals surface area contributed by atoms with Crippen LogP contribution >= 0.6 is 0 Å². The average Bonchev–Trinajstić information content (AvgIpc) is 2.54. The third-order valence-corrected chi connectivity index (χ3v) is 3.00. The number of nitrogens with one attached hydrogen (secondary N) is 1. The molecule has 0 aliphatic carbocycles. The standard InChI is InChI=1S/C17H19N3O2/c1-12(2)17(21)18-14-9-10-15(16(11-14)22-3)20-19-13-7-5-4-6-8-13/h4-12H,1-3H3,(H,18,21). The van der Waals surface area contributed by atoms with Gasteiger partial charge in [-0.05, 0) is 24.3 Å². The first-order valence-electron chi connectivity index (χ1n) is 7.06. The summed E-state index contributed by atoms with van der Waals surface area (Å²) in [5.41, 5.74) is 2.05. The first-order chi connectivity index (χ1) is 10.6. The molecule has 0 aliphatic heterocycles. The molecule has 0 saturated carbocycles. The number of rotatable bonds is 5. The molecule has 1 N–H and O–H groups in total. The van der Waals surface area contributed by atoms with Crippen molar-refractivity contribution in [1.29, 1.82) is 0 Å². The van der Waals surface area contributed by atoms with Crippen LogP contribution in [0.15, 0.2) is 58.8 Å². The van der Waals surface area contributed by atoms with Crippen molar-refractivity contribution in [3.63, 3.8) is 0 Å². The van der Waals surface area contributed by atoms with E-state index in [4.69, 9.17) is 4.74 Å². The zero-order valence-electron chi connectivity index (χ0n) is 12.9. The lowest BCUT2D eigenvalue weighted by Crippen LogP contribution is -2.17. The number of nitrogens with zero attached hydrogens (tertiary/aromatic N) is 2. The molecule has 0 aromatic heterocycles. The Morgan fingerprint density at radius 1 is 1.09 bits per heavy atom. The Morgan fingerprint density at radius 2 is 1.82 bits per heavy atom. The van der Waals surface area contributed by atoms with E-state index < -0.39 is 0 Å². The van der Waals surface area contributed by atoms with Gasteiger partial charge >= 0.3 is 0 Å². The molecule has 0 fully saturated rings. The molecule has 5 nitrogen and oxygen atoms in total. The number of carbonyl (C=O) groups is 1. The monoisotopic (exact) mass is 297 g/mol. The van der Waals surface area contributed by atoms with Gasteiger partial charge in [0.15, 0.2) is 0 Å². The predicted octanol–water partition coefficient (Wildman–Crippen LogP) is 4.71. The number of azo groups is 1. The Balaban J connectivity index is 2.19. The molecule has 0 bridgehead atoms. The van der Waals surface area contributed by atoms with Crippen molar-refractivity contribution in [1.82, 2.24) is 0 Å². The van der Waals surface area contributed by atoms with Crippen molar-refractivity contribution < 1.29 is 9.53 Å². The van der Waals surface area contributed by atoms with E-state index >= 15 is 0 Å². The summed E-state index contributed by atoms with van der Waals surface area (Å²) in [6.45, 7) is 3.68. The number of ether oxygens (including phenoxy) is 1. The fraction of sp³-hybridized carbons (Fsp3) is 0.235. The molecule has 0 heterocycles. The highest BCUT2D eigenvalue weighted by Crippen LogP contribution is 2.32. The smallest absolute Gasteiger partial charge is 0.226 e. The number of benzene rings is 2. The van der Waals surface area contributed by atoms with Gasteiger partial charge in [0.05, 0.1) is 12.8 Å². The lowest BCUT2D eigenvalue weighted by molar-refractivity contribution is -0.118. The van der Waals surface area contributed by atoms with E-state index in [2.05, 4.69) is 15.5 Å². The molecule has 0 atom stereocenters. The highest BCUT2D eigenvalue weighted by molar-refractivity contribution is 5.92. The Morgan fingerprint density at radius 3 is 2.45 bits per heavy atom. The van der Waals surface area contributed by atoms with Gasteiger partial charge in [-0.1, -0.05) is 32.0 Å². The van der Waals surface area contributed by atoms with Crippen LogP contribution in [0.25, 0.3) is 0 Å². The summed E-state index contributed by atoms with van der Waals surface area (Å²) < 4.78 is 5.31. The number of anilines is 1. The van der Waals surface area contributed by atoms with Gasteiger partial charge in [0.2, 0.25) is 5.91 Å². The van der Waals surface area contributed by atoms with E-state index in [1.165, 1.54) is 0 Å². The Hall–Kier alpha value is -2.69. The van der Waals surface area contributed by atoms with Crippen LogP contribution in [0.1, 0.15) is 13.8 Å². The van der Waals surface area contributed by atoms with Gasteiger partial charge in [0, 0.05) is 17.7 Å². The van der Waals surface area contributed by atoms with Crippen LogP contribution in [0.2, 0.25) is 0 Å². The Bertz CT molecular complexity index is 667. The second-order valence-corrected chi connectivity index (χ2v) is 5.07. The SMILES string of the molecule is COc1cc(NC(=O)C(C)C)ccc1N=Nc1ccccc1. The predicted molar refractivity (Wildman–Crippen MR) is 87.1 cm³/mol. The van der Waals surface area contributed by atoms with E-state index in [-0.39, 0.29) is 11.8 Å². The van der Waals surface area contributed by atoms with Crippen LogP contribution in [-0.4, -0.2) is 13.0 Å². The van der Waals surface area contributed by atoms with Crippen molar-refractivity contribution >= 4 is 23.0 Å².